The molecule has 0 heterocycles. The standard InChI is InChI=1S/C12H26N2O/c1-11(2,3)9-12(4,5)13-8-10(15)14(6)7/h13H,8-9H2,1-7H3. The third-order valence-electron chi connectivity index (χ3n) is 2.19. The number of likely N-dealkylation sites (N-methyl/N-ethyl adjacent to an activating group) is 1. The second kappa shape index (κ2) is 4.97. The van der Waals surface area contributed by atoms with E-state index < -0.39 is 0 Å². The van der Waals surface area contributed by atoms with Gasteiger partial charge >= 0.3 is 0 Å². The molecule has 3 heteroatoms. The molecule has 0 saturated carbocycles. The van der Waals surface area contributed by atoms with Gasteiger partial charge < -0.3 is 10.2 Å². The summed E-state index contributed by atoms with van der Waals surface area (Å²) in [4.78, 5) is 13.0. The number of hydrogen-bond donors (Lipinski definition) is 1. The van der Waals surface area contributed by atoms with Crippen molar-refractivity contribution in [2.45, 2.75) is 46.6 Å². The summed E-state index contributed by atoms with van der Waals surface area (Å²) in [6.45, 7) is 11.3. The van der Waals surface area contributed by atoms with E-state index in [0.717, 1.165) is 6.42 Å². The summed E-state index contributed by atoms with van der Waals surface area (Å²) < 4.78 is 0. The highest BCUT2D eigenvalue weighted by molar-refractivity contribution is 5.77. The Morgan fingerprint density at radius 1 is 1.13 bits per heavy atom. The van der Waals surface area contributed by atoms with Crippen molar-refractivity contribution >= 4 is 5.91 Å². The fraction of sp³-hybridized carbons (Fsp3) is 0.917. The average Bonchev–Trinajstić information content (AvgIpc) is 1.95. The summed E-state index contributed by atoms with van der Waals surface area (Å²) in [6, 6.07) is 0. The normalized spacial score (nSPS) is 12.7. The number of amides is 1. The zero-order valence-corrected chi connectivity index (χ0v) is 11.3. The lowest BCUT2D eigenvalue weighted by Gasteiger charge is -2.33. The molecule has 0 aliphatic heterocycles. The van der Waals surface area contributed by atoms with Gasteiger partial charge in [-0.15, -0.1) is 0 Å². The van der Waals surface area contributed by atoms with Gasteiger partial charge in [-0.05, 0) is 25.7 Å². The summed E-state index contributed by atoms with van der Waals surface area (Å²) >= 11 is 0. The Labute approximate surface area is 94.2 Å². The van der Waals surface area contributed by atoms with E-state index in [9.17, 15) is 4.79 Å². The fourth-order valence-electron chi connectivity index (χ4n) is 1.86. The maximum atomic E-state index is 11.4. The van der Waals surface area contributed by atoms with E-state index in [2.05, 4.69) is 39.9 Å². The first-order valence-corrected chi connectivity index (χ1v) is 5.49. The van der Waals surface area contributed by atoms with Crippen LogP contribution in [-0.2, 0) is 4.79 Å². The van der Waals surface area contributed by atoms with Crippen LogP contribution in [0.1, 0.15) is 41.0 Å². The Morgan fingerprint density at radius 2 is 1.60 bits per heavy atom. The molecule has 90 valence electrons. The van der Waals surface area contributed by atoms with Crippen molar-refractivity contribution in [1.82, 2.24) is 10.2 Å². The number of nitrogens with one attached hydrogen (secondary N) is 1. The van der Waals surface area contributed by atoms with Crippen molar-refractivity contribution < 1.29 is 4.79 Å². The molecule has 0 rings (SSSR count). The Morgan fingerprint density at radius 3 is 1.93 bits per heavy atom. The first-order valence-electron chi connectivity index (χ1n) is 5.49. The van der Waals surface area contributed by atoms with E-state index in [0.29, 0.717) is 6.54 Å². The van der Waals surface area contributed by atoms with Crippen molar-refractivity contribution in [3.05, 3.63) is 0 Å². The molecule has 0 radical (unpaired) electrons. The van der Waals surface area contributed by atoms with Gasteiger partial charge in [0, 0.05) is 19.6 Å². The van der Waals surface area contributed by atoms with Crippen molar-refractivity contribution in [1.29, 1.82) is 0 Å². The molecule has 0 aliphatic rings. The van der Waals surface area contributed by atoms with Gasteiger partial charge in [-0.1, -0.05) is 20.8 Å². The minimum atomic E-state index is 0.00389. The summed E-state index contributed by atoms with van der Waals surface area (Å²) in [7, 11) is 3.56. The molecule has 0 bridgehead atoms. The van der Waals surface area contributed by atoms with E-state index in [-0.39, 0.29) is 16.9 Å². The van der Waals surface area contributed by atoms with Crippen LogP contribution < -0.4 is 5.32 Å². The number of carbonyl (C=O) groups excluding carboxylic acids is 1. The molecule has 0 aromatic heterocycles. The first kappa shape index (κ1) is 14.4. The SMILES string of the molecule is CN(C)C(=O)CNC(C)(C)CC(C)(C)C. The summed E-state index contributed by atoms with van der Waals surface area (Å²) in [5.74, 6) is 0.122. The molecule has 3 nitrogen and oxygen atoms in total. The number of nitrogens with zero attached hydrogens (tertiary/aromatic N) is 1. The first-order chi connectivity index (χ1) is 6.53. The molecule has 0 spiro atoms. The number of rotatable bonds is 4. The highest BCUT2D eigenvalue weighted by Gasteiger charge is 2.25. The van der Waals surface area contributed by atoms with Gasteiger partial charge in [0.05, 0.1) is 6.54 Å². The van der Waals surface area contributed by atoms with Gasteiger partial charge in [-0.3, -0.25) is 4.79 Å². The Kier molecular flexibility index (Phi) is 4.78. The van der Waals surface area contributed by atoms with Crippen molar-refractivity contribution in [3.63, 3.8) is 0 Å². The van der Waals surface area contributed by atoms with E-state index in [1.165, 1.54) is 0 Å². The van der Waals surface area contributed by atoms with Gasteiger partial charge in [0.15, 0.2) is 0 Å². The monoisotopic (exact) mass is 214 g/mol. The highest BCUT2D eigenvalue weighted by Crippen LogP contribution is 2.26. The predicted octanol–water partition coefficient (Wildman–Crippen LogP) is 1.88. The fourth-order valence-corrected chi connectivity index (χ4v) is 1.86. The van der Waals surface area contributed by atoms with E-state index >= 15 is 0 Å². The third-order valence-corrected chi connectivity index (χ3v) is 2.19. The minimum absolute atomic E-state index is 0.00389. The zero-order valence-electron chi connectivity index (χ0n) is 11.3. The van der Waals surface area contributed by atoms with E-state index in [4.69, 9.17) is 0 Å². The molecule has 0 aliphatic carbocycles. The van der Waals surface area contributed by atoms with Crippen LogP contribution in [0.4, 0.5) is 0 Å². The smallest absolute Gasteiger partial charge is 0.236 e. The van der Waals surface area contributed by atoms with E-state index in [1.54, 1.807) is 19.0 Å². The van der Waals surface area contributed by atoms with Crippen molar-refractivity contribution in [2.24, 2.45) is 5.41 Å². The summed E-state index contributed by atoms with van der Waals surface area (Å²) in [5.41, 5.74) is 0.279. The van der Waals surface area contributed by atoms with Gasteiger partial charge in [-0.2, -0.15) is 0 Å². The topological polar surface area (TPSA) is 32.3 Å². The molecule has 0 fully saturated rings. The van der Waals surface area contributed by atoms with Crippen molar-refractivity contribution in [3.8, 4) is 0 Å². The molecule has 0 aromatic carbocycles. The Hall–Kier alpha value is -0.570. The lowest BCUT2D eigenvalue weighted by molar-refractivity contribution is -0.128. The quantitative estimate of drug-likeness (QED) is 0.775. The van der Waals surface area contributed by atoms with Crippen LogP contribution in [0.15, 0.2) is 0 Å². The van der Waals surface area contributed by atoms with Gasteiger partial charge in [-0.25, -0.2) is 0 Å². The lowest BCUT2D eigenvalue weighted by Crippen LogP contribution is -2.46. The van der Waals surface area contributed by atoms with E-state index in [1.807, 2.05) is 0 Å². The maximum Gasteiger partial charge on any atom is 0.236 e. The molecule has 0 unspecified atom stereocenters. The second-order valence-corrected chi connectivity index (χ2v) is 6.26. The van der Waals surface area contributed by atoms with Crippen LogP contribution in [0.25, 0.3) is 0 Å². The van der Waals surface area contributed by atoms with Gasteiger partial charge in [0.25, 0.3) is 0 Å². The van der Waals surface area contributed by atoms with Gasteiger partial charge in [0.2, 0.25) is 5.91 Å². The summed E-state index contributed by atoms with van der Waals surface area (Å²) in [6.07, 6.45) is 1.04. The molecule has 1 amide bonds. The van der Waals surface area contributed by atoms with Crippen molar-refractivity contribution in [2.75, 3.05) is 20.6 Å². The van der Waals surface area contributed by atoms with Crippen LogP contribution in [0.3, 0.4) is 0 Å². The molecular weight excluding hydrogens is 188 g/mol. The summed E-state index contributed by atoms with van der Waals surface area (Å²) in [5, 5.41) is 3.31. The zero-order chi connectivity index (χ0) is 12.3. The minimum Gasteiger partial charge on any atom is -0.348 e. The number of carbonyl (C=O) groups is 1. The molecule has 0 aromatic rings. The van der Waals surface area contributed by atoms with Crippen LogP contribution in [0.2, 0.25) is 0 Å². The number of hydrogen-bond acceptors (Lipinski definition) is 2. The molecule has 0 saturated heterocycles. The molecule has 1 N–H and O–H groups in total. The molecule has 15 heavy (non-hydrogen) atoms. The van der Waals surface area contributed by atoms with Crippen LogP contribution in [0.5, 0.6) is 0 Å². The highest BCUT2D eigenvalue weighted by atomic mass is 16.2. The van der Waals surface area contributed by atoms with Crippen LogP contribution in [-0.4, -0.2) is 37.0 Å². The maximum absolute atomic E-state index is 11.4. The van der Waals surface area contributed by atoms with Crippen LogP contribution in [0, 0.1) is 5.41 Å². The molecular formula is C12H26N2O. The van der Waals surface area contributed by atoms with Crippen LogP contribution >= 0.6 is 0 Å². The Balaban J connectivity index is 4.10. The second-order valence-electron chi connectivity index (χ2n) is 6.26. The average molecular weight is 214 g/mol. The lowest BCUT2D eigenvalue weighted by atomic mass is 9.82. The Bertz CT molecular complexity index is 214. The predicted molar refractivity (Wildman–Crippen MR) is 64.8 cm³/mol. The largest absolute Gasteiger partial charge is 0.348 e. The molecule has 0 atom stereocenters. The van der Waals surface area contributed by atoms with Gasteiger partial charge in [0.1, 0.15) is 0 Å². The third kappa shape index (κ3) is 7.37.